The molecule has 2 aromatic carbocycles. The number of anilines is 2. The van der Waals surface area contributed by atoms with E-state index in [2.05, 4.69) is 22.3 Å². The summed E-state index contributed by atoms with van der Waals surface area (Å²) < 4.78 is 1.72. The van der Waals surface area contributed by atoms with E-state index in [1.165, 1.54) is 0 Å². The maximum atomic E-state index is 8.91. The van der Waals surface area contributed by atoms with Crippen LogP contribution in [0, 0.1) is 22.7 Å². The minimum Gasteiger partial charge on any atom is -0.247 e. The molecule has 0 saturated carbocycles. The van der Waals surface area contributed by atoms with Crippen LogP contribution in [-0.4, -0.2) is 14.9 Å². The summed E-state index contributed by atoms with van der Waals surface area (Å²) >= 11 is 0. The third-order valence-electron chi connectivity index (χ3n) is 3.12. The van der Waals surface area contributed by atoms with E-state index in [9.17, 15) is 0 Å². The van der Waals surface area contributed by atoms with Gasteiger partial charge in [-0.05, 0) is 48.5 Å². The molecule has 3 rings (SSSR count). The normalized spacial score (nSPS) is 9.73. The third kappa shape index (κ3) is 2.49. The molecule has 1 aromatic heterocycles. The molecule has 104 valence electrons. The lowest BCUT2D eigenvalue weighted by molar-refractivity contribution is 0.811. The van der Waals surface area contributed by atoms with Crippen molar-refractivity contribution in [3.05, 3.63) is 72.3 Å². The predicted molar refractivity (Wildman–Crippen MR) is 79.9 cm³/mol. The van der Waals surface area contributed by atoms with Gasteiger partial charge in [-0.1, -0.05) is 0 Å². The monoisotopic (exact) mass is 286 g/mol. The molecule has 0 N–H and O–H groups in total. The first-order chi connectivity index (χ1) is 10.8. The molecule has 22 heavy (non-hydrogen) atoms. The number of hydrogen-bond acceptors (Lipinski definition) is 5. The highest BCUT2D eigenvalue weighted by atomic mass is 15.6. The number of aromatic nitrogens is 3. The zero-order chi connectivity index (χ0) is 15.4. The van der Waals surface area contributed by atoms with Gasteiger partial charge >= 0.3 is 0 Å². The lowest BCUT2D eigenvalue weighted by atomic mass is 10.2. The van der Waals surface area contributed by atoms with E-state index in [-0.39, 0.29) is 0 Å². The van der Waals surface area contributed by atoms with Crippen LogP contribution in [0.1, 0.15) is 11.1 Å². The molecule has 0 aliphatic carbocycles. The van der Waals surface area contributed by atoms with E-state index in [0.29, 0.717) is 11.1 Å². The Hall–Kier alpha value is -3.64. The highest BCUT2D eigenvalue weighted by Gasteiger charge is 2.11. The summed E-state index contributed by atoms with van der Waals surface area (Å²) in [5.74, 6) is 0. The highest BCUT2D eigenvalue weighted by molar-refractivity contribution is 5.64. The first kappa shape index (κ1) is 13.3. The van der Waals surface area contributed by atoms with E-state index in [1.807, 2.05) is 29.3 Å². The Labute approximate surface area is 127 Å². The van der Waals surface area contributed by atoms with Crippen molar-refractivity contribution in [3.63, 3.8) is 0 Å². The molecular weight excluding hydrogens is 276 g/mol. The maximum Gasteiger partial charge on any atom is 0.139 e. The van der Waals surface area contributed by atoms with Crippen molar-refractivity contribution in [1.29, 1.82) is 10.5 Å². The Kier molecular flexibility index (Phi) is 3.51. The second kappa shape index (κ2) is 5.78. The fourth-order valence-electron chi connectivity index (χ4n) is 2.07. The van der Waals surface area contributed by atoms with Gasteiger partial charge in [-0.15, -0.1) is 10.2 Å². The average Bonchev–Trinajstić information content (AvgIpc) is 3.10. The molecule has 6 heteroatoms. The van der Waals surface area contributed by atoms with Gasteiger partial charge in [0, 0.05) is 0 Å². The number of nitriles is 2. The van der Waals surface area contributed by atoms with Gasteiger partial charge < -0.3 is 0 Å². The lowest BCUT2D eigenvalue weighted by Crippen LogP contribution is -2.22. The summed E-state index contributed by atoms with van der Waals surface area (Å²) in [6, 6.07) is 18.6. The van der Waals surface area contributed by atoms with Gasteiger partial charge in [0.1, 0.15) is 12.7 Å². The molecule has 0 unspecified atom stereocenters. The molecule has 0 radical (unpaired) electrons. The first-order valence-electron chi connectivity index (χ1n) is 6.47. The summed E-state index contributed by atoms with van der Waals surface area (Å²) in [7, 11) is 0. The topological polar surface area (TPSA) is 81.5 Å². The average molecular weight is 286 g/mol. The van der Waals surface area contributed by atoms with Crippen LogP contribution in [0.2, 0.25) is 0 Å². The van der Waals surface area contributed by atoms with Gasteiger partial charge in [-0.3, -0.25) is 0 Å². The van der Waals surface area contributed by atoms with Crippen molar-refractivity contribution in [3.8, 4) is 12.1 Å². The van der Waals surface area contributed by atoms with E-state index in [4.69, 9.17) is 10.5 Å². The maximum absolute atomic E-state index is 8.91. The minimum atomic E-state index is 0.590. The number of benzene rings is 2. The molecular formula is C16H10N6. The van der Waals surface area contributed by atoms with Gasteiger partial charge in [0.15, 0.2) is 0 Å². The quantitative estimate of drug-likeness (QED) is 0.739. The molecule has 3 aromatic rings. The van der Waals surface area contributed by atoms with Gasteiger partial charge in [0.25, 0.3) is 0 Å². The van der Waals surface area contributed by atoms with Gasteiger partial charge in [-0.2, -0.15) is 10.5 Å². The molecule has 0 amide bonds. The van der Waals surface area contributed by atoms with Crippen LogP contribution in [0.5, 0.6) is 0 Å². The Morgan fingerprint density at radius 2 is 1.14 bits per heavy atom. The van der Waals surface area contributed by atoms with Gasteiger partial charge in [0.2, 0.25) is 0 Å². The molecule has 0 saturated heterocycles. The molecule has 6 nitrogen and oxygen atoms in total. The fourth-order valence-corrected chi connectivity index (χ4v) is 2.07. The number of nitrogens with zero attached hydrogens (tertiary/aromatic N) is 6. The van der Waals surface area contributed by atoms with Crippen molar-refractivity contribution in [2.75, 3.05) is 5.01 Å². The fraction of sp³-hybridized carbons (Fsp3) is 0. The summed E-state index contributed by atoms with van der Waals surface area (Å²) in [5, 5.41) is 27.3. The Morgan fingerprint density at radius 3 is 1.50 bits per heavy atom. The molecule has 0 aliphatic heterocycles. The first-order valence-corrected chi connectivity index (χ1v) is 6.47. The molecule has 0 fully saturated rings. The van der Waals surface area contributed by atoms with E-state index in [1.54, 1.807) is 41.6 Å². The standard InChI is InChI=1S/C16H10N6/c17-9-13-1-5-15(6-2-13)22(21-11-19-20-12-21)16-7-3-14(10-18)4-8-16/h1-8,11-12H. The van der Waals surface area contributed by atoms with Gasteiger partial charge in [-0.25, -0.2) is 9.69 Å². The number of hydrogen-bond donors (Lipinski definition) is 0. The van der Waals surface area contributed by atoms with Crippen LogP contribution in [0.25, 0.3) is 0 Å². The Balaban J connectivity index is 2.07. The number of rotatable bonds is 3. The summed E-state index contributed by atoms with van der Waals surface area (Å²) in [5.41, 5.74) is 2.88. The second-order valence-electron chi connectivity index (χ2n) is 4.47. The van der Waals surface area contributed by atoms with E-state index >= 15 is 0 Å². The predicted octanol–water partition coefficient (Wildman–Crippen LogP) is 2.62. The Morgan fingerprint density at radius 1 is 0.727 bits per heavy atom. The van der Waals surface area contributed by atoms with Crippen LogP contribution >= 0.6 is 0 Å². The van der Waals surface area contributed by atoms with Crippen molar-refractivity contribution < 1.29 is 0 Å². The molecule has 0 spiro atoms. The second-order valence-corrected chi connectivity index (χ2v) is 4.47. The van der Waals surface area contributed by atoms with Crippen molar-refractivity contribution in [2.24, 2.45) is 0 Å². The van der Waals surface area contributed by atoms with Crippen LogP contribution in [-0.2, 0) is 0 Å². The zero-order valence-electron chi connectivity index (χ0n) is 11.5. The van der Waals surface area contributed by atoms with Crippen LogP contribution in [0.3, 0.4) is 0 Å². The lowest BCUT2D eigenvalue weighted by Gasteiger charge is -2.25. The summed E-state index contributed by atoms with van der Waals surface area (Å²) in [6.45, 7) is 0. The van der Waals surface area contributed by atoms with Crippen molar-refractivity contribution in [2.45, 2.75) is 0 Å². The molecule has 0 aliphatic rings. The van der Waals surface area contributed by atoms with E-state index in [0.717, 1.165) is 11.4 Å². The Bertz CT molecular complexity index is 778. The van der Waals surface area contributed by atoms with Gasteiger partial charge in [0.05, 0.1) is 34.6 Å². The smallest absolute Gasteiger partial charge is 0.139 e. The largest absolute Gasteiger partial charge is 0.247 e. The minimum absolute atomic E-state index is 0.590. The molecule has 1 heterocycles. The third-order valence-corrected chi connectivity index (χ3v) is 3.12. The van der Waals surface area contributed by atoms with Crippen LogP contribution < -0.4 is 5.01 Å². The molecule has 0 atom stereocenters. The SMILES string of the molecule is N#Cc1ccc(N(c2ccc(C#N)cc2)n2cnnc2)cc1. The van der Waals surface area contributed by atoms with Crippen molar-refractivity contribution in [1.82, 2.24) is 14.9 Å². The zero-order valence-corrected chi connectivity index (χ0v) is 11.5. The van der Waals surface area contributed by atoms with Crippen LogP contribution in [0.4, 0.5) is 11.4 Å². The van der Waals surface area contributed by atoms with Crippen molar-refractivity contribution >= 4 is 11.4 Å². The summed E-state index contributed by atoms with van der Waals surface area (Å²) in [4.78, 5) is 0. The van der Waals surface area contributed by atoms with Crippen LogP contribution in [0.15, 0.2) is 61.2 Å². The summed E-state index contributed by atoms with van der Waals surface area (Å²) in [6.07, 6.45) is 3.16. The van der Waals surface area contributed by atoms with E-state index < -0.39 is 0 Å². The highest BCUT2D eigenvalue weighted by Crippen LogP contribution is 2.26. The molecule has 0 bridgehead atoms.